The van der Waals surface area contributed by atoms with Gasteiger partial charge in [-0.1, -0.05) is 6.42 Å². The highest BCUT2D eigenvalue weighted by Gasteiger charge is 2.56. The summed E-state index contributed by atoms with van der Waals surface area (Å²) in [4.78, 5) is 13.6. The molecule has 2 amide bonds. The topological polar surface area (TPSA) is 82.7 Å². The Balaban J connectivity index is 1.39. The minimum Gasteiger partial charge on any atom is -0.423 e. The first kappa shape index (κ1) is 12.0. The van der Waals surface area contributed by atoms with Gasteiger partial charge in [0.2, 0.25) is 11.8 Å². The smallest absolute Gasteiger partial charge is 0.344 e. The molecule has 2 aliphatic carbocycles. The summed E-state index contributed by atoms with van der Waals surface area (Å²) in [6.45, 7) is 0.548. The Kier molecular flexibility index (Phi) is 2.26. The number of hydroxylamine groups is 2. The second-order valence-electron chi connectivity index (χ2n) is 6.79. The lowest BCUT2D eigenvalue weighted by Gasteiger charge is -2.27. The van der Waals surface area contributed by atoms with Gasteiger partial charge < -0.3 is 9.32 Å². The predicted octanol–water partition coefficient (Wildman–Crippen LogP) is 1.91. The molecule has 2 saturated carbocycles. The molecule has 2 aliphatic heterocycles. The zero-order valence-electron chi connectivity index (χ0n) is 11.7. The first-order chi connectivity index (χ1) is 10.2. The number of carbonyl (C=O) groups excluding carboxylic acids is 1. The number of carbonyl (C=O) groups is 1. The number of hydrogen-bond acceptors (Lipinski definition) is 5. The van der Waals surface area contributed by atoms with Crippen molar-refractivity contribution >= 4 is 6.03 Å². The van der Waals surface area contributed by atoms with Crippen molar-refractivity contribution in [2.75, 3.05) is 6.54 Å². The highest BCUT2D eigenvalue weighted by molar-refractivity contribution is 5.76. The van der Waals surface area contributed by atoms with E-state index in [1.165, 1.54) is 19.3 Å². The summed E-state index contributed by atoms with van der Waals surface area (Å²) in [7, 11) is 0. The van der Waals surface area contributed by atoms with E-state index in [0.29, 0.717) is 18.4 Å². The van der Waals surface area contributed by atoms with Crippen LogP contribution in [0.15, 0.2) is 4.42 Å². The van der Waals surface area contributed by atoms with Crippen LogP contribution < -0.4 is 0 Å². The van der Waals surface area contributed by atoms with Gasteiger partial charge in [-0.15, -0.1) is 10.2 Å². The molecule has 4 fully saturated rings. The maximum Gasteiger partial charge on any atom is 0.344 e. The molecule has 0 spiro atoms. The lowest BCUT2D eigenvalue weighted by Crippen LogP contribution is -2.34. The van der Waals surface area contributed by atoms with Crippen LogP contribution in [0.25, 0.3) is 0 Å². The maximum absolute atomic E-state index is 12.0. The fourth-order valence-corrected chi connectivity index (χ4v) is 4.61. The number of hydrogen-bond donors (Lipinski definition) is 1. The lowest BCUT2D eigenvalue weighted by atomic mass is 10.0. The van der Waals surface area contributed by atoms with Gasteiger partial charge in [0, 0.05) is 12.5 Å². The Labute approximate surface area is 121 Å². The molecule has 5 rings (SSSR count). The molecule has 7 heteroatoms. The van der Waals surface area contributed by atoms with Crippen LogP contribution in [0.4, 0.5) is 4.79 Å². The third kappa shape index (κ3) is 1.55. The Morgan fingerprint density at radius 2 is 1.86 bits per heavy atom. The van der Waals surface area contributed by atoms with Gasteiger partial charge in [-0.25, -0.2) is 9.86 Å². The monoisotopic (exact) mass is 290 g/mol. The summed E-state index contributed by atoms with van der Waals surface area (Å²) in [5, 5.41) is 19.0. The van der Waals surface area contributed by atoms with E-state index in [0.717, 1.165) is 35.6 Å². The van der Waals surface area contributed by atoms with E-state index in [1.54, 1.807) is 4.90 Å². The van der Waals surface area contributed by atoms with Gasteiger partial charge in [0.25, 0.3) is 0 Å². The van der Waals surface area contributed by atoms with Gasteiger partial charge in [0.15, 0.2) is 0 Å². The van der Waals surface area contributed by atoms with Crippen molar-refractivity contribution in [1.82, 2.24) is 20.2 Å². The average Bonchev–Trinajstić information content (AvgIpc) is 2.94. The van der Waals surface area contributed by atoms with E-state index >= 15 is 0 Å². The second kappa shape index (κ2) is 3.97. The Bertz CT molecular complexity index is 593. The molecule has 0 radical (unpaired) electrons. The average molecular weight is 290 g/mol. The van der Waals surface area contributed by atoms with E-state index in [9.17, 15) is 10.0 Å². The highest BCUT2D eigenvalue weighted by atomic mass is 16.5. The summed E-state index contributed by atoms with van der Waals surface area (Å²) in [5.74, 6) is 3.25. The van der Waals surface area contributed by atoms with E-state index in [2.05, 4.69) is 10.2 Å². The van der Waals surface area contributed by atoms with E-state index in [4.69, 9.17) is 4.42 Å². The number of fused-ring (bicyclic) bond motifs is 3. The van der Waals surface area contributed by atoms with Crippen molar-refractivity contribution in [3.8, 4) is 0 Å². The molecule has 1 aromatic rings. The summed E-state index contributed by atoms with van der Waals surface area (Å²) in [5.41, 5.74) is 0. The molecule has 1 aromatic heterocycles. The molecular weight excluding hydrogens is 272 g/mol. The minimum atomic E-state index is -0.342. The van der Waals surface area contributed by atoms with E-state index in [1.807, 2.05) is 0 Å². The second-order valence-corrected chi connectivity index (χ2v) is 6.79. The van der Waals surface area contributed by atoms with Gasteiger partial charge in [-0.3, -0.25) is 5.21 Å². The zero-order valence-corrected chi connectivity index (χ0v) is 11.7. The zero-order chi connectivity index (χ0) is 14.1. The van der Waals surface area contributed by atoms with E-state index < -0.39 is 0 Å². The van der Waals surface area contributed by atoms with Crippen molar-refractivity contribution in [2.24, 2.45) is 11.8 Å². The van der Waals surface area contributed by atoms with Crippen LogP contribution in [0, 0.1) is 11.8 Å². The van der Waals surface area contributed by atoms with Gasteiger partial charge in [0.05, 0.1) is 6.04 Å². The summed E-state index contributed by atoms with van der Waals surface area (Å²) >= 11 is 0. The first-order valence-electron chi connectivity index (χ1n) is 7.86. The number of urea groups is 1. The molecule has 0 unspecified atom stereocenters. The molecule has 2 saturated heterocycles. The normalized spacial score (nSPS) is 40.8. The van der Waals surface area contributed by atoms with Crippen molar-refractivity contribution in [1.29, 1.82) is 0 Å². The molecular formula is C14H18N4O3. The van der Waals surface area contributed by atoms with Crippen LogP contribution >= 0.6 is 0 Å². The number of rotatable bonds is 2. The van der Waals surface area contributed by atoms with Gasteiger partial charge in [-0.05, 0) is 37.5 Å². The molecule has 7 nitrogen and oxygen atoms in total. The third-order valence-electron chi connectivity index (χ3n) is 5.78. The summed E-state index contributed by atoms with van der Waals surface area (Å²) in [6.07, 6.45) is 5.43. The van der Waals surface area contributed by atoms with Crippen molar-refractivity contribution in [3.63, 3.8) is 0 Å². The van der Waals surface area contributed by atoms with Crippen LogP contribution in [0.2, 0.25) is 0 Å². The number of amides is 2. The highest BCUT2D eigenvalue weighted by Crippen LogP contribution is 2.62. The molecule has 1 N–H and O–H groups in total. The third-order valence-corrected chi connectivity index (χ3v) is 5.78. The number of nitrogens with zero attached hydrogens (tertiary/aromatic N) is 4. The minimum absolute atomic E-state index is 0.0843. The number of aromatic nitrogens is 2. The maximum atomic E-state index is 12.0. The molecule has 21 heavy (non-hydrogen) atoms. The molecule has 0 aromatic carbocycles. The van der Waals surface area contributed by atoms with Crippen LogP contribution in [0.3, 0.4) is 0 Å². The molecule has 2 bridgehead atoms. The fourth-order valence-electron chi connectivity index (χ4n) is 4.61. The van der Waals surface area contributed by atoms with Crippen LogP contribution in [0.1, 0.15) is 55.8 Å². The van der Waals surface area contributed by atoms with Gasteiger partial charge in [0.1, 0.15) is 6.04 Å². The van der Waals surface area contributed by atoms with Crippen LogP contribution in [-0.4, -0.2) is 44.0 Å². The standard InChI is InChI=1S/C14H18N4O3/c19-14-17-6-7(18(14)20)4-5-10(17)12-15-16-13(21-12)11-8-2-1-3-9(8)11/h7-11,20H,1-6H2/t7-,8-,9+,10+,11+/m1/s1. The lowest BCUT2D eigenvalue weighted by molar-refractivity contribution is -0.0584. The van der Waals surface area contributed by atoms with Crippen molar-refractivity contribution in [3.05, 3.63) is 11.8 Å². The summed E-state index contributed by atoms with van der Waals surface area (Å²) in [6, 6.07) is -0.602. The van der Waals surface area contributed by atoms with Crippen molar-refractivity contribution in [2.45, 2.75) is 50.1 Å². The Morgan fingerprint density at radius 1 is 1.10 bits per heavy atom. The molecule has 5 atom stereocenters. The molecule has 112 valence electrons. The first-order valence-corrected chi connectivity index (χ1v) is 7.86. The summed E-state index contributed by atoms with van der Waals surface area (Å²) < 4.78 is 5.90. The quantitative estimate of drug-likeness (QED) is 0.841. The Morgan fingerprint density at radius 3 is 2.67 bits per heavy atom. The van der Waals surface area contributed by atoms with Crippen molar-refractivity contribution < 1.29 is 14.4 Å². The number of piperidine rings is 1. The SMILES string of the molecule is O=C1N(O)[C@@H]2CC[C@@H](c3nnc([C@H]4[C@@H]5CCC[C@@H]54)o3)N1C2. The fraction of sp³-hybridized carbons (Fsp3) is 0.786. The van der Waals surface area contributed by atoms with E-state index in [-0.39, 0.29) is 18.1 Å². The van der Waals surface area contributed by atoms with Crippen LogP contribution in [0.5, 0.6) is 0 Å². The van der Waals surface area contributed by atoms with Crippen LogP contribution in [-0.2, 0) is 0 Å². The predicted molar refractivity (Wildman–Crippen MR) is 69.4 cm³/mol. The van der Waals surface area contributed by atoms with Gasteiger partial charge >= 0.3 is 6.03 Å². The van der Waals surface area contributed by atoms with Gasteiger partial charge in [-0.2, -0.15) is 0 Å². The molecule has 4 aliphatic rings. The Hall–Kier alpha value is -1.63. The molecule has 3 heterocycles. The largest absolute Gasteiger partial charge is 0.423 e.